The third-order valence-corrected chi connectivity index (χ3v) is 4.62. The van der Waals surface area contributed by atoms with E-state index in [4.69, 9.17) is 10.9 Å². The number of amidine groups is 1. The highest BCUT2D eigenvalue weighted by Gasteiger charge is 2.33. The lowest BCUT2D eigenvalue weighted by Gasteiger charge is -2.21. The maximum atomic E-state index is 12.4. The Balaban J connectivity index is 2.06. The van der Waals surface area contributed by atoms with Gasteiger partial charge in [0.1, 0.15) is 10.7 Å². The van der Waals surface area contributed by atoms with E-state index >= 15 is 0 Å². The first-order valence-electron chi connectivity index (χ1n) is 5.64. The molecule has 1 fully saturated rings. The Kier molecular flexibility index (Phi) is 4.23. The Morgan fingerprint density at radius 1 is 1.67 bits per heavy atom. The van der Waals surface area contributed by atoms with Gasteiger partial charge in [0.15, 0.2) is 0 Å². The van der Waals surface area contributed by atoms with Crippen molar-refractivity contribution in [1.29, 1.82) is 0 Å². The van der Waals surface area contributed by atoms with Gasteiger partial charge in [0.25, 0.3) is 5.91 Å². The van der Waals surface area contributed by atoms with Gasteiger partial charge < -0.3 is 15.8 Å². The third-order valence-electron chi connectivity index (χ3n) is 2.80. The van der Waals surface area contributed by atoms with Crippen LogP contribution < -0.4 is 5.73 Å². The molecular weight excluding hydrogens is 318 g/mol. The molecule has 1 saturated carbocycles. The Labute approximate surface area is 117 Å². The molecule has 0 atom stereocenters. The summed E-state index contributed by atoms with van der Waals surface area (Å²) in [4.78, 5) is 14.9. The highest BCUT2D eigenvalue weighted by Crippen LogP contribution is 2.31. The van der Waals surface area contributed by atoms with Gasteiger partial charge in [0.2, 0.25) is 0 Å². The number of hydrogen-bond acceptors (Lipinski definition) is 4. The average molecular weight is 332 g/mol. The van der Waals surface area contributed by atoms with Crippen LogP contribution in [0, 0.1) is 0 Å². The van der Waals surface area contributed by atoms with E-state index in [1.807, 2.05) is 16.3 Å². The van der Waals surface area contributed by atoms with Gasteiger partial charge in [-0.15, -0.1) is 11.3 Å². The van der Waals surface area contributed by atoms with Gasteiger partial charge in [-0.1, -0.05) is 5.16 Å². The van der Waals surface area contributed by atoms with Gasteiger partial charge in [-0.05, 0) is 40.2 Å². The number of rotatable bonds is 5. The second-order valence-corrected chi connectivity index (χ2v) is 5.94. The quantitative estimate of drug-likeness (QED) is 0.376. The van der Waals surface area contributed by atoms with Gasteiger partial charge in [0, 0.05) is 23.5 Å². The largest absolute Gasteiger partial charge is 0.409 e. The first-order valence-corrected chi connectivity index (χ1v) is 7.31. The zero-order valence-electron chi connectivity index (χ0n) is 9.67. The molecule has 0 aliphatic heterocycles. The standard InChI is InChI=1S/C11H14BrN3O2S/c12-8-4-6-18-10(8)11(16)15(7-1-2-7)5-3-9(13)14-17/h4,6-7,17H,1-3,5H2,(H2,13,14). The van der Waals surface area contributed by atoms with Crippen LogP contribution in [0.2, 0.25) is 0 Å². The van der Waals surface area contributed by atoms with Crippen LogP contribution in [0.1, 0.15) is 28.9 Å². The number of halogens is 1. The van der Waals surface area contributed by atoms with E-state index in [-0.39, 0.29) is 11.7 Å². The molecule has 98 valence electrons. The number of nitrogens with zero attached hydrogens (tertiary/aromatic N) is 2. The lowest BCUT2D eigenvalue weighted by atomic mass is 10.3. The molecule has 0 unspecified atom stereocenters. The van der Waals surface area contributed by atoms with Crippen LogP contribution in [0.3, 0.4) is 0 Å². The zero-order chi connectivity index (χ0) is 13.1. The van der Waals surface area contributed by atoms with Gasteiger partial charge in [-0.2, -0.15) is 0 Å². The number of oxime groups is 1. The van der Waals surface area contributed by atoms with Crippen LogP contribution >= 0.6 is 27.3 Å². The molecule has 3 N–H and O–H groups in total. The van der Waals surface area contributed by atoms with E-state index < -0.39 is 0 Å². The number of carbonyl (C=O) groups excluding carboxylic acids is 1. The van der Waals surface area contributed by atoms with Crippen molar-refractivity contribution in [1.82, 2.24) is 4.90 Å². The van der Waals surface area contributed by atoms with Crippen molar-refractivity contribution in [2.45, 2.75) is 25.3 Å². The second-order valence-electron chi connectivity index (χ2n) is 4.17. The molecule has 1 aromatic rings. The molecule has 5 nitrogen and oxygen atoms in total. The maximum absolute atomic E-state index is 12.4. The summed E-state index contributed by atoms with van der Waals surface area (Å²) in [5.74, 6) is 0.170. The SMILES string of the molecule is N/C(CCN(C(=O)c1sccc1Br)C1CC1)=N\O. The molecule has 1 aliphatic carbocycles. The van der Waals surface area contributed by atoms with Crippen molar-refractivity contribution in [3.05, 3.63) is 20.8 Å². The normalized spacial score (nSPS) is 15.7. The van der Waals surface area contributed by atoms with Crippen LogP contribution in [-0.4, -0.2) is 34.4 Å². The van der Waals surface area contributed by atoms with Crippen LogP contribution in [0.15, 0.2) is 21.1 Å². The lowest BCUT2D eigenvalue weighted by molar-refractivity contribution is 0.0751. The monoisotopic (exact) mass is 331 g/mol. The third kappa shape index (κ3) is 3.02. The van der Waals surface area contributed by atoms with Gasteiger partial charge in [-0.25, -0.2) is 0 Å². The molecule has 0 spiro atoms. The van der Waals surface area contributed by atoms with Gasteiger partial charge >= 0.3 is 0 Å². The Hall–Kier alpha value is -1.08. The maximum Gasteiger partial charge on any atom is 0.265 e. The minimum absolute atomic E-state index is 0.0186. The van der Waals surface area contributed by atoms with E-state index in [1.54, 1.807) is 0 Å². The van der Waals surface area contributed by atoms with Crippen LogP contribution in [-0.2, 0) is 0 Å². The Morgan fingerprint density at radius 3 is 2.89 bits per heavy atom. The van der Waals surface area contributed by atoms with Crippen molar-refractivity contribution in [2.75, 3.05) is 6.54 Å². The smallest absolute Gasteiger partial charge is 0.265 e. The first-order chi connectivity index (χ1) is 8.63. The van der Waals surface area contributed by atoms with Crippen LogP contribution in [0.4, 0.5) is 0 Å². The average Bonchev–Trinajstić information content (AvgIpc) is 3.10. The fourth-order valence-electron chi connectivity index (χ4n) is 1.70. The molecule has 0 aromatic carbocycles. The zero-order valence-corrected chi connectivity index (χ0v) is 12.1. The van der Waals surface area contributed by atoms with E-state index in [0.717, 1.165) is 17.3 Å². The number of amides is 1. The predicted molar refractivity (Wildman–Crippen MR) is 74.1 cm³/mol. The number of carbonyl (C=O) groups is 1. The van der Waals surface area contributed by atoms with Gasteiger partial charge in [0.05, 0.1) is 0 Å². The van der Waals surface area contributed by atoms with Gasteiger partial charge in [-0.3, -0.25) is 4.79 Å². The number of hydrogen-bond donors (Lipinski definition) is 2. The molecule has 7 heteroatoms. The molecular formula is C11H14BrN3O2S. The van der Waals surface area contributed by atoms with E-state index in [9.17, 15) is 4.79 Å². The molecule has 1 amide bonds. The van der Waals surface area contributed by atoms with Crippen molar-refractivity contribution in [3.8, 4) is 0 Å². The summed E-state index contributed by atoms with van der Waals surface area (Å²) in [6.45, 7) is 0.490. The minimum atomic E-state index is 0.0186. The van der Waals surface area contributed by atoms with Crippen molar-refractivity contribution >= 4 is 39.0 Å². The molecule has 1 aliphatic rings. The highest BCUT2D eigenvalue weighted by molar-refractivity contribution is 9.10. The molecule has 0 saturated heterocycles. The summed E-state index contributed by atoms with van der Waals surface area (Å²) in [5, 5.41) is 13.3. The molecule has 1 heterocycles. The van der Waals surface area contributed by atoms with Crippen molar-refractivity contribution in [2.24, 2.45) is 10.9 Å². The minimum Gasteiger partial charge on any atom is -0.409 e. The van der Waals surface area contributed by atoms with Crippen molar-refractivity contribution in [3.63, 3.8) is 0 Å². The van der Waals surface area contributed by atoms with E-state index in [1.165, 1.54) is 11.3 Å². The first kappa shape index (κ1) is 13.4. The van der Waals surface area contributed by atoms with Crippen LogP contribution in [0.25, 0.3) is 0 Å². The topological polar surface area (TPSA) is 78.9 Å². The Bertz CT molecular complexity index is 471. The predicted octanol–water partition coefficient (Wildman–Crippen LogP) is 2.25. The molecule has 2 rings (SSSR count). The van der Waals surface area contributed by atoms with Crippen LogP contribution in [0.5, 0.6) is 0 Å². The fraction of sp³-hybridized carbons (Fsp3) is 0.455. The summed E-state index contributed by atoms with van der Waals surface area (Å²) in [7, 11) is 0. The molecule has 18 heavy (non-hydrogen) atoms. The lowest BCUT2D eigenvalue weighted by Crippen LogP contribution is -2.35. The summed E-state index contributed by atoms with van der Waals surface area (Å²) in [6.07, 6.45) is 2.46. The van der Waals surface area contributed by atoms with E-state index in [2.05, 4.69) is 21.1 Å². The fourth-order valence-corrected chi connectivity index (χ4v) is 3.19. The Morgan fingerprint density at radius 2 is 2.39 bits per heavy atom. The molecule has 0 radical (unpaired) electrons. The van der Waals surface area contributed by atoms with E-state index in [0.29, 0.717) is 23.9 Å². The summed E-state index contributed by atoms with van der Waals surface area (Å²) < 4.78 is 0.826. The second kappa shape index (κ2) is 5.71. The highest BCUT2D eigenvalue weighted by atomic mass is 79.9. The summed E-state index contributed by atoms with van der Waals surface area (Å²) >= 11 is 4.80. The molecule has 1 aromatic heterocycles. The summed E-state index contributed by atoms with van der Waals surface area (Å²) in [6, 6.07) is 2.17. The summed E-state index contributed by atoms with van der Waals surface area (Å²) in [5.41, 5.74) is 5.45. The van der Waals surface area contributed by atoms with Crippen molar-refractivity contribution < 1.29 is 10.0 Å². The molecule has 0 bridgehead atoms. The number of nitrogens with two attached hydrogens (primary N) is 1. The number of thiophene rings is 1.